The van der Waals surface area contributed by atoms with Crippen molar-refractivity contribution in [2.45, 2.75) is 6.54 Å². The number of anilines is 1. The van der Waals surface area contributed by atoms with Crippen molar-refractivity contribution in [2.75, 3.05) is 5.32 Å². The topological polar surface area (TPSA) is 92.3 Å². The van der Waals surface area contributed by atoms with E-state index in [9.17, 15) is 0 Å². The summed E-state index contributed by atoms with van der Waals surface area (Å²) in [5, 5.41) is 18.7. The summed E-state index contributed by atoms with van der Waals surface area (Å²) < 4.78 is 1.03. The van der Waals surface area contributed by atoms with Gasteiger partial charge in [0.25, 0.3) is 0 Å². The monoisotopic (exact) mass is 233 g/mol. The van der Waals surface area contributed by atoms with E-state index in [4.69, 9.17) is 0 Å². The predicted molar refractivity (Wildman–Crippen MR) is 58.9 cm³/mol. The molecular formula is C8H7N7S. The number of thiophene rings is 1. The van der Waals surface area contributed by atoms with E-state index in [1.807, 2.05) is 11.4 Å². The van der Waals surface area contributed by atoms with Crippen LogP contribution >= 0.6 is 11.3 Å². The minimum absolute atomic E-state index is 0.487. The molecule has 0 aliphatic heterocycles. The molecule has 16 heavy (non-hydrogen) atoms. The molecule has 0 bridgehead atoms. The van der Waals surface area contributed by atoms with Gasteiger partial charge in [-0.05, 0) is 11.4 Å². The van der Waals surface area contributed by atoms with Crippen LogP contribution in [0, 0.1) is 0 Å². The van der Waals surface area contributed by atoms with Gasteiger partial charge in [0.15, 0.2) is 5.82 Å². The van der Waals surface area contributed by atoms with Crippen LogP contribution in [0.3, 0.4) is 0 Å². The first-order valence-corrected chi connectivity index (χ1v) is 5.46. The van der Waals surface area contributed by atoms with Gasteiger partial charge in [-0.25, -0.2) is 9.97 Å². The SMILES string of the molecule is c1nc(NCc2nn[nH]n2)c2sccc2n1. The molecular weight excluding hydrogens is 226 g/mol. The Morgan fingerprint density at radius 2 is 2.38 bits per heavy atom. The largest absolute Gasteiger partial charge is 0.361 e. The molecule has 0 saturated heterocycles. The van der Waals surface area contributed by atoms with E-state index in [2.05, 4.69) is 35.9 Å². The van der Waals surface area contributed by atoms with Gasteiger partial charge in [-0.2, -0.15) is 5.21 Å². The summed E-state index contributed by atoms with van der Waals surface area (Å²) in [6, 6.07) is 1.96. The Kier molecular flexibility index (Phi) is 2.18. The summed E-state index contributed by atoms with van der Waals surface area (Å²) in [4.78, 5) is 8.34. The van der Waals surface area contributed by atoms with E-state index < -0.39 is 0 Å². The normalized spacial score (nSPS) is 10.8. The van der Waals surface area contributed by atoms with Crippen molar-refractivity contribution in [3.05, 3.63) is 23.6 Å². The third-order valence-electron chi connectivity index (χ3n) is 2.05. The summed E-state index contributed by atoms with van der Waals surface area (Å²) in [6.45, 7) is 0.487. The zero-order valence-corrected chi connectivity index (χ0v) is 8.90. The van der Waals surface area contributed by atoms with Crippen molar-refractivity contribution < 1.29 is 0 Å². The third-order valence-corrected chi connectivity index (χ3v) is 2.96. The number of nitrogens with zero attached hydrogens (tertiary/aromatic N) is 5. The summed E-state index contributed by atoms with van der Waals surface area (Å²) in [7, 11) is 0. The number of hydrogen-bond acceptors (Lipinski definition) is 7. The molecule has 3 heterocycles. The number of fused-ring (bicyclic) bond motifs is 1. The molecule has 0 spiro atoms. The van der Waals surface area contributed by atoms with Gasteiger partial charge in [0.2, 0.25) is 0 Å². The smallest absolute Gasteiger partial charge is 0.193 e. The van der Waals surface area contributed by atoms with Gasteiger partial charge < -0.3 is 5.32 Å². The number of hydrogen-bond donors (Lipinski definition) is 2. The van der Waals surface area contributed by atoms with Crippen LogP contribution in [0.2, 0.25) is 0 Å². The van der Waals surface area contributed by atoms with E-state index in [1.165, 1.54) is 6.33 Å². The molecule has 0 saturated carbocycles. The number of rotatable bonds is 3. The van der Waals surface area contributed by atoms with Gasteiger partial charge in [-0.1, -0.05) is 5.21 Å². The van der Waals surface area contributed by atoms with Crippen LogP contribution in [-0.4, -0.2) is 30.6 Å². The predicted octanol–water partition coefficient (Wildman–Crippen LogP) is 0.816. The first-order chi connectivity index (χ1) is 7.93. The first-order valence-electron chi connectivity index (χ1n) is 4.58. The van der Waals surface area contributed by atoms with Crippen molar-refractivity contribution in [3.63, 3.8) is 0 Å². The van der Waals surface area contributed by atoms with Crippen molar-refractivity contribution in [2.24, 2.45) is 0 Å². The van der Waals surface area contributed by atoms with Gasteiger partial charge in [0.1, 0.15) is 12.1 Å². The summed E-state index contributed by atoms with van der Waals surface area (Å²) in [5.41, 5.74) is 0.940. The van der Waals surface area contributed by atoms with Crippen molar-refractivity contribution in [1.29, 1.82) is 0 Å². The second-order valence-corrected chi connectivity index (χ2v) is 3.95. The van der Waals surface area contributed by atoms with Crippen molar-refractivity contribution in [1.82, 2.24) is 30.6 Å². The minimum atomic E-state index is 0.487. The highest BCUT2D eigenvalue weighted by Gasteiger charge is 2.05. The summed E-state index contributed by atoms with van der Waals surface area (Å²) in [5.74, 6) is 1.40. The Hall–Kier alpha value is -2.09. The molecule has 0 amide bonds. The highest BCUT2D eigenvalue weighted by molar-refractivity contribution is 7.17. The van der Waals surface area contributed by atoms with Crippen LogP contribution in [0.5, 0.6) is 0 Å². The fourth-order valence-electron chi connectivity index (χ4n) is 1.33. The first kappa shape index (κ1) is 9.16. The molecule has 0 aliphatic carbocycles. The van der Waals surface area contributed by atoms with Crippen LogP contribution in [0.15, 0.2) is 17.8 Å². The Morgan fingerprint density at radius 1 is 1.38 bits per heavy atom. The average molecular weight is 233 g/mol. The molecule has 0 atom stereocenters. The highest BCUT2D eigenvalue weighted by atomic mass is 32.1. The van der Waals surface area contributed by atoms with Gasteiger partial charge in [0.05, 0.1) is 16.8 Å². The zero-order valence-electron chi connectivity index (χ0n) is 8.08. The maximum absolute atomic E-state index is 4.18. The van der Waals surface area contributed by atoms with E-state index >= 15 is 0 Å². The van der Waals surface area contributed by atoms with E-state index in [1.54, 1.807) is 11.3 Å². The second kappa shape index (κ2) is 3.81. The highest BCUT2D eigenvalue weighted by Crippen LogP contribution is 2.24. The van der Waals surface area contributed by atoms with Crippen LogP contribution < -0.4 is 5.32 Å². The molecule has 7 nitrogen and oxygen atoms in total. The fraction of sp³-hybridized carbons (Fsp3) is 0.125. The number of H-pyrrole nitrogens is 1. The number of tetrazole rings is 1. The molecule has 8 heteroatoms. The number of aromatic amines is 1. The Bertz CT molecular complexity index is 587. The fourth-order valence-corrected chi connectivity index (χ4v) is 2.15. The Labute approximate surface area is 93.9 Å². The molecule has 0 fully saturated rings. The lowest BCUT2D eigenvalue weighted by molar-refractivity contribution is 0.881. The molecule has 0 unspecified atom stereocenters. The van der Waals surface area contributed by atoms with E-state index in [0.717, 1.165) is 16.0 Å². The van der Waals surface area contributed by atoms with Gasteiger partial charge in [0, 0.05) is 0 Å². The van der Waals surface area contributed by atoms with E-state index in [-0.39, 0.29) is 0 Å². The molecule has 0 aliphatic rings. The van der Waals surface area contributed by atoms with Crippen LogP contribution in [0.1, 0.15) is 5.82 Å². The lowest BCUT2D eigenvalue weighted by Crippen LogP contribution is -2.03. The minimum Gasteiger partial charge on any atom is -0.361 e. The molecule has 3 aromatic rings. The molecule has 3 rings (SSSR count). The summed E-state index contributed by atoms with van der Waals surface area (Å²) >= 11 is 1.60. The number of aromatic nitrogens is 6. The van der Waals surface area contributed by atoms with Crippen LogP contribution in [-0.2, 0) is 6.54 Å². The van der Waals surface area contributed by atoms with Crippen molar-refractivity contribution in [3.8, 4) is 0 Å². The second-order valence-electron chi connectivity index (χ2n) is 3.04. The maximum atomic E-state index is 4.18. The third kappa shape index (κ3) is 1.58. The molecule has 0 aromatic carbocycles. The Balaban J connectivity index is 1.86. The molecule has 0 radical (unpaired) electrons. The number of nitrogens with one attached hydrogen (secondary N) is 2. The lowest BCUT2D eigenvalue weighted by Gasteiger charge is -2.02. The molecule has 3 aromatic heterocycles. The van der Waals surface area contributed by atoms with E-state index in [0.29, 0.717) is 12.4 Å². The standard InChI is InChI=1S/C8H7N7S/c1-2-16-7-5(1)10-4-11-8(7)9-3-6-12-14-15-13-6/h1-2,4H,3H2,(H,9,10,11)(H,12,13,14,15). The van der Waals surface area contributed by atoms with Gasteiger partial charge >= 0.3 is 0 Å². The lowest BCUT2D eigenvalue weighted by atomic mass is 10.4. The summed E-state index contributed by atoms with van der Waals surface area (Å²) in [6.07, 6.45) is 1.54. The zero-order chi connectivity index (χ0) is 10.8. The van der Waals surface area contributed by atoms with Crippen molar-refractivity contribution >= 4 is 27.4 Å². The van der Waals surface area contributed by atoms with Crippen LogP contribution in [0.4, 0.5) is 5.82 Å². The Morgan fingerprint density at radius 3 is 3.25 bits per heavy atom. The molecule has 80 valence electrons. The van der Waals surface area contributed by atoms with Gasteiger partial charge in [-0.3, -0.25) is 0 Å². The van der Waals surface area contributed by atoms with Crippen LogP contribution in [0.25, 0.3) is 10.2 Å². The average Bonchev–Trinajstić information content (AvgIpc) is 2.97. The van der Waals surface area contributed by atoms with Gasteiger partial charge in [-0.15, -0.1) is 21.5 Å². The quantitative estimate of drug-likeness (QED) is 0.695. The molecule has 2 N–H and O–H groups in total. The maximum Gasteiger partial charge on any atom is 0.193 e.